The summed E-state index contributed by atoms with van der Waals surface area (Å²) in [5, 5.41) is 2.63. The van der Waals surface area contributed by atoms with E-state index in [1.54, 1.807) is 6.41 Å². The summed E-state index contributed by atoms with van der Waals surface area (Å²) in [5.74, 6) is 0. The van der Waals surface area contributed by atoms with Crippen molar-refractivity contribution >= 4 is 6.41 Å². The zero-order chi connectivity index (χ0) is 10.1. The highest BCUT2D eigenvalue weighted by Gasteiger charge is 2.02. The Morgan fingerprint density at radius 1 is 1.38 bits per heavy atom. The van der Waals surface area contributed by atoms with Crippen LogP contribution in [0.3, 0.4) is 0 Å². The zero-order valence-electron chi connectivity index (χ0n) is 8.97. The van der Waals surface area contributed by atoms with E-state index in [0.29, 0.717) is 0 Å². The third kappa shape index (κ3) is 6.58. The van der Waals surface area contributed by atoms with Crippen LogP contribution in [-0.2, 0) is 4.79 Å². The van der Waals surface area contributed by atoms with E-state index >= 15 is 0 Å². The molecule has 0 aliphatic rings. The van der Waals surface area contributed by atoms with Crippen LogP contribution in [0.1, 0.15) is 33.6 Å². The van der Waals surface area contributed by atoms with Crippen LogP contribution >= 0.6 is 0 Å². The van der Waals surface area contributed by atoms with E-state index in [0.717, 1.165) is 32.5 Å². The number of rotatable bonds is 8. The number of nitrogens with zero attached hydrogens (tertiary/aromatic N) is 1. The maximum Gasteiger partial charge on any atom is 0.309 e. The number of amides is 1. The van der Waals surface area contributed by atoms with Crippen molar-refractivity contribution in [2.75, 3.05) is 19.6 Å². The summed E-state index contributed by atoms with van der Waals surface area (Å²) in [6.07, 6.45) is 3.89. The molecule has 3 heteroatoms. The minimum atomic E-state index is 0.257. The van der Waals surface area contributed by atoms with E-state index in [1.807, 2.05) is 6.92 Å². The Bertz CT molecular complexity index is 124. The first kappa shape index (κ1) is 12.4. The molecule has 0 aliphatic heterocycles. The van der Waals surface area contributed by atoms with E-state index in [2.05, 4.69) is 24.1 Å². The van der Waals surface area contributed by atoms with Gasteiger partial charge in [-0.2, -0.15) is 0 Å². The van der Waals surface area contributed by atoms with E-state index < -0.39 is 0 Å². The minimum Gasteiger partial charge on any atom is -0.345 e. The summed E-state index contributed by atoms with van der Waals surface area (Å²) in [4.78, 5) is 12.4. The lowest BCUT2D eigenvalue weighted by Gasteiger charge is -2.18. The third-order valence-corrected chi connectivity index (χ3v) is 2.31. The maximum atomic E-state index is 9.98. The average molecular weight is 185 g/mol. The zero-order valence-corrected chi connectivity index (χ0v) is 8.97. The molecule has 0 aliphatic carbocycles. The molecule has 0 saturated heterocycles. The van der Waals surface area contributed by atoms with Crippen molar-refractivity contribution in [3.63, 3.8) is 0 Å². The largest absolute Gasteiger partial charge is 0.345 e. The van der Waals surface area contributed by atoms with Crippen LogP contribution in [0.15, 0.2) is 0 Å². The predicted octanol–water partition coefficient (Wildman–Crippen LogP) is 1.15. The van der Waals surface area contributed by atoms with Gasteiger partial charge in [-0.1, -0.05) is 13.8 Å². The van der Waals surface area contributed by atoms with Crippen molar-refractivity contribution in [1.29, 1.82) is 0 Å². The maximum absolute atomic E-state index is 9.98. The summed E-state index contributed by atoms with van der Waals surface area (Å²) in [6.45, 7) is 9.69. The molecule has 0 fully saturated rings. The first-order valence-corrected chi connectivity index (χ1v) is 5.09. The first-order valence-electron chi connectivity index (χ1n) is 5.09. The van der Waals surface area contributed by atoms with Gasteiger partial charge in [-0.3, -0.25) is 4.79 Å². The molecule has 0 bridgehead atoms. The smallest absolute Gasteiger partial charge is 0.309 e. The summed E-state index contributed by atoms with van der Waals surface area (Å²) in [7, 11) is 0. The quantitative estimate of drug-likeness (QED) is 0.575. The Balaban J connectivity index is 3.36. The monoisotopic (exact) mass is 185 g/mol. The second kappa shape index (κ2) is 8.05. The molecule has 1 radical (unpaired) electrons. The number of hydrogen-bond donors (Lipinski definition) is 1. The highest BCUT2D eigenvalue weighted by molar-refractivity contribution is 5.47. The highest BCUT2D eigenvalue weighted by Crippen LogP contribution is 1.98. The fraction of sp³-hybridized carbons (Fsp3) is 0.900. The lowest BCUT2D eigenvalue weighted by atomic mass is 10.2. The van der Waals surface area contributed by atoms with Crippen LogP contribution in [0.25, 0.3) is 0 Å². The van der Waals surface area contributed by atoms with Gasteiger partial charge in [0, 0.05) is 6.04 Å². The van der Waals surface area contributed by atoms with Crippen LogP contribution in [0.2, 0.25) is 0 Å². The van der Waals surface area contributed by atoms with Gasteiger partial charge in [-0.15, -0.1) is 0 Å². The van der Waals surface area contributed by atoms with Crippen LogP contribution in [0.5, 0.6) is 0 Å². The summed E-state index contributed by atoms with van der Waals surface area (Å²) in [5.41, 5.74) is 0. The van der Waals surface area contributed by atoms with Gasteiger partial charge < -0.3 is 10.2 Å². The molecule has 1 N–H and O–H groups in total. The van der Waals surface area contributed by atoms with Crippen molar-refractivity contribution in [2.24, 2.45) is 0 Å². The molecule has 0 aromatic rings. The van der Waals surface area contributed by atoms with Gasteiger partial charge in [0.2, 0.25) is 0 Å². The van der Waals surface area contributed by atoms with Gasteiger partial charge in [0.1, 0.15) is 0 Å². The van der Waals surface area contributed by atoms with Crippen molar-refractivity contribution in [1.82, 2.24) is 10.2 Å². The molecule has 0 spiro atoms. The lowest BCUT2D eigenvalue weighted by molar-refractivity contribution is 0.292. The predicted molar refractivity (Wildman–Crippen MR) is 55.3 cm³/mol. The van der Waals surface area contributed by atoms with Gasteiger partial charge in [0.05, 0.1) is 0 Å². The molecular weight excluding hydrogens is 164 g/mol. The first-order chi connectivity index (χ1) is 6.24. The molecule has 1 amide bonds. The summed E-state index contributed by atoms with van der Waals surface area (Å²) in [6, 6.07) is 0.257. The van der Waals surface area contributed by atoms with Gasteiger partial charge in [0.15, 0.2) is 0 Å². The SMILES string of the molecule is CCN(CC)CCCC(C)N[C]=O. The average Bonchev–Trinajstić information content (AvgIpc) is 2.13. The molecule has 0 rings (SSSR count). The molecule has 0 saturated carbocycles. The standard InChI is InChI=1S/C10H21N2O/c1-4-12(5-2)8-6-7-10(3)11-9-13/h10H,4-8H2,1-3H3,(H,11,13). The second-order valence-electron chi connectivity index (χ2n) is 3.32. The van der Waals surface area contributed by atoms with Crippen LogP contribution in [0, 0.1) is 0 Å². The number of hydrogen-bond acceptors (Lipinski definition) is 2. The summed E-state index contributed by atoms with van der Waals surface area (Å²) >= 11 is 0. The van der Waals surface area contributed by atoms with E-state index in [-0.39, 0.29) is 6.04 Å². The fourth-order valence-corrected chi connectivity index (χ4v) is 1.33. The lowest BCUT2D eigenvalue weighted by Crippen LogP contribution is -2.28. The molecular formula is C10H21N2O. The van der Waals surface area contributed by atoms with Crippen molar-refractivity contribution in [3.05, 3.63) is 0 Å². The van der Waals surface area contributed by atoms with Crippen LogP contribution < -0.4 is 5.32 Å². The molecule has 0 aromatic carbocycles. The Morgan fingerprint density at radius 2 is 2.00 bits per heavy atom. The molecule has 1 unspecified atom stereocenters. The Labute approximate surface area is 81.5 Å². The molecule has 13 heavy (non-hydrogen) atoms. The van der Waals surface area contributed by atoms with Gasteiger partial charge in [0.25, 0.3) is 0 Å². The second-order valence-corrected chi connectivity index (χ2v) is 3.32. The van der Waals surface area contributed by atoms with Crippen LogP contribution in [-0.4, -0.2) is 37.0 Å². The number of carbonyl (C=O) groups excluding carboxylic acids is 1. The van der Waals surface area contributed by atoms with Gasteiger partial charge in [-0.25, -0.2) is 0 Å². The van der Waals surface area contributed by atoms with Gasteiger partial charge >= 0.3 is 6.41 Å². The van der Waals surface area contributed by atoms with E-state index in [1.165, 1.54) is 0 Å². The molecule has 77 valence electrons. The van der Waals surface area contributed by atoms with Gasteiger partial charge in [-0.05, 0) is 39.4 Å². The topological polar surface area (TPSA) is 32.3 Å². The Hall–Kier alpha value is -0.570. The van der Waals surface area contributed by atoms with Crippen LogP contribution in [0.4, 0.5) is 0 Å². The minimum absolute atomic E-state index is 0.257. The third-order valence-electron chi connectivity index (χ3n) is 2.31. The Morgan fingerprint density at radius 3 is 2.46 bits per heavy atom. The van der Waals surface area contributed by atoms with Crippen molar-refractivity contribution < 1.29 is 4.79 Å². The van der Waals surface area contributed by atoms with Crippen molar-refractivity contribution in [3.8, 4) is 0 Å². The molecule has 0 heterocycles. The highest BCUT2D eigenvalue weighted by atomic mass is 16.1. The normalized spacial score (nSPS) is 12.9. The van der Waals surface area contributed by atoms with Crippen molar-refractivity contribution in [2.45, 2.75) is 39.7 Å². The van der Waals surface area contributed by atoms with E-state index in [9.17, 15) is 4.79 Å². The fourth-order valence-electron chi connectivity index (χ4n) is 1.33. The molecule has 0 aromatic heterocycles. The molecule has 1 atom stereocenters. The summed E-state index contributed by atoms with van der Waals surface area (Å²) < 4.78 is 0. The number of nitrogens with one attached hydrogen (secondary N) is 1. The Kier molecular flexibility index (Phi) is 7.69. The molecule has 3 nitrogen and oxygen atoms in total. The van der Waals surface area contributed by atoms with E-state index in [4.69, 9.17) is 0 Å².